The van der Waals surface area contributed by atoms with Crippen molar-refractivity contribution >= 4 is 17.5 Å². The maximum Gasteiger partial charge on any atom is 0.251 e. The van der Waals surface area contributed by atoms with Gasteiger partial charge >= 0.3 is 0 Å². The lowest BCUT2D eigenvalue weighted by molar-refractivity contribution is -0.115. The summed E-state index contributed by atoms with van der Waals surface area (Å²) < 4.78 is 11.2. The SMILES string of the molecule is CCOc1ccc(Oc2ccc(NC(=O)CNC(=O)c3ccccc3)cc2)cc1. The van der Waals surface area contributed by atoms with Crippen molar-refractivity contribution in [1.82, 2.24) is 5.32 Å². The van der Waals surface area contributed by atoms with Gasteiger partial charge in [-0.2, -0.15) is 0 Å². The van der Waals surface area contributed by atoms with Crippen molar-refractivity contribution in [3.63, 3.8) is 0 Å². The minimum Gasteiger partial charge on any atom is -0.494 e. The van der Waals surface area contributed by atoms with Gasteiger partial charge in [0.05, 0.1) is 13.2 Å². The van der Waals surface area contributed by atoms with Crippen LogP contribution in [0.3, 0.4) is 0 Å². The fraction of sp³-hybridized carbons (Fsp3) is 0.130. The Kier molecular flexibility index (Phi) is 6.84. The van der Waals surface area contributed by atoms with Gasteiger partial charge in [-0.1, -0.05) is 18.2 Å². The molecule has 0 unspecified atom stereocenters. The third kappa shape index (κ3) is 6.10. The molecule has 3 aromatic rings. The third-order valence-electron chi connectivity index (χ3n) is 3.95. The molecular formula is C23H22N2O4. The number of amides is 2. The standard InChI is InChI=1S/C23H22N2O4/c1-2-28-19-12-14-21(15-13-19)29-20-10-8-18(9-11-20)25-22(26)16-24-23(27)17-6-4-3-5-7-17/h3-15H,2,16H2,1H3,(H,24,27)(H,25,26). The van der Waals surface area contributed by atoms with Crippen LogP contribution in [0.4, 0.5) is 5.69 Å². The fourth-order valence-corrected chi connectivity index (χ4v) is 2.57. The molecule has 0 saturated carbocycles. The quantitative estimate of drug-likeness (QED) is 0.603. The summed E-state index contributed by atoms with van der Waals surface area (Å²) in [7, 11) is 0. The summed E-state index contributed by atoms with van der Waals surface area (Å²) in [6, 6.07) is 23.1. The zero-order chi connectivity index (χ0) is 20.5. The molecule has 0 heterocycles. The zero-order valence-electron chi connectivity index (χ0n) is 16.1. The van der Waals surface area contributed by atoms with Crippen molar-refractivity contribution in [1.29, 1.82) is 0 Å². The molecule has 6 heteroatoms. The molecule has 148 valence electrons. The van der Waals surface area contributed by atoms with Crippen LogP contribution >= 0.6 is 0 Å². The van der Waals surface area contributed by atoms with E-state index >= 15 is 0 Å². The molecule has 6 nitrogen and oxygen atoms in total. The summed E-state index contributed by atoms with van der Waals surface area (Å²) in [5.41, 5.74) is 1.12. The highest BCUT2D eigenvalue weighted by atomic mass is 16.5. The second-order valence-corrected chi connectivity index (χ2v) is 6.13. The largest absolute Gasteiger partial charge is 0.494 e. The Morgan fingerprint density at radius 3 is 2.00 bits per heavy atom. The van der Waals surface area contributed by atoms with Gasteiger partial charge in [0.15, 0.2) is 0 Å². The molecule has 0 bridgehead atoms. The lowest BCUT2D eigenvalue weighted by Crippen LogP contribution is -2.32. The third-order valence-corrected chi connectivity index (χ3v) is 3.95. The van der Waals surface area contributed by atoms with Crippen LogP contribution in [0, 0.1) is 0 Å². The molecule has 2 N–H and O–H groups in total. The normalized spacial score (nSPS) is 10.1. The van der Waals surface area contributed by atoms with Gasteiger partial charge in [-0.3, -0.25) is 9.59 Å². The average Bonchev–Trinajstić information content (AvgIpc) is 2.75. The van der Waals surface area contributed by atoms with Gasteiger partial charge in [-0.05, 0) is 67.6 Å². The van der Waals surface area contributed by atoms with E-state index in [-0.39, 0.29) is 18.4 Å². The van der Waals surface area contributed by atoms with E-state index in [2.05, 4.69) is 10.6 Å². The highest BCUT2D eigenvalue weighted by Gasteiger charge is 2.08. The number of nitrogens with one attached hydrogen (secondary N) is 2. The minimum absolute atomic E-state index is 0.113. The monoisotopic (exact) mass is 390 g/mol. The van der Waals surface area contributed by atoms with Crippen LogP contribution in [-0.4, -0.2) is 25.0 Å². The highest BCUT2D eigenvalue weighted by Crippen LogP contribution is 2.25. The van der Waals surface area contributed by atoms with Gasteiger partial charge in [0.2, 0.25) is 5.91 Å². The first-order chi connectivity index (χ1) is 14.1. The van der Waals surface area contributed by atoms with Crippen molar-refractivity contribution < 1.29 is 19.1 Å². The van der Waals surface area contributed by atoms with Gasteiger partial charge in [0.1, 0.15) is 17.2 Å². The Labute approximate surface area is 169 Å². The topological polar surface area (TPSA) is 76.7 Å². The summed E-state index contributed by atoms with van der Waals surface area (Å²) in [5.74, 6) is 1.52. The lowest BCUT2D eigenvalue weighted by atomic mass is 10.2. The Bertz CT molecular complexity index is 939. The molecular weight excluding hydrogens is 368 g/mol. The van der Waals surface area contributed by atoms with Crippen molar-refractivity contribution in [3.8, 4) is 17.2 Å². The van der Waals surface area contributed by atoms with E-state index in [1.165, 1.54) is 0 Å². The molecule has 3 aromatic carbocycles. The molecule has 0 fully saturated rings. The zero-order valence-corrected chi connectivity index (χ0v) is 16.1. The lowest BCUT2D eigenvalue weighted by Gasteiger charge is -2.09. The summed E-state index contributed by atoms with van der Waals surface area (Å²) in [6.45, 7) is 2.43. The predicted molar refractivity (Wildman–Crippen MR) is 112 cm³/mol. The summed E-state index contributed by atoms with van der Waals surface area (Å²) >= 11 is 0. The van der Waals surface area contributed by atoms with Crippen LogP contribution in [0.2, 0.25) is 0 Å². The van der Waals surface area contributed by atoms with Crippen LogP contribution < -0.4 is 20.1 Å². The number of benzene rings is 3. The molecule has 0 aliphatic rings. The maximum absolute atomic E-state index is 12.0. The van der Waals surface area contributed by atoms with Gasteiger partial charge < -0.3 is 20.1 Å². The van der Waals surface area contributed by atoms with Crippen LogP contribution in [0.25, 0.3) is 0 Å². The smallest absolute Gasteiger partial charge is 0.251 e. The first-order valence-electron chi connectivity index (χ1n) is 9.28. The Hall–Kier alpha value is -3.80. The van der Waals surface area contributed by atoms with E-state index in [1.54, 1.807) is 48.5 Å². The van der Waals surface area contributed by atoms with Crippen LogP contribution in [0.15, 0.2) is 78.9 Å². The first kappa shape index (κ1) is 19.9. The van der Waals surface area contributed by atoms with E-state index in [1.807, 2.05) is 37.3 Å². The molecule has 0 spiro atoms. The summed E-state index contributed by atoms with van der Waals surface area (Å²) in [6.07, 6.45) is 0. The number of ether oxygens (including phenoxy) is 2. The van der Waals surface area contributed by atoms with E-state index in [9.17, 15) is 9.59 Å². The molecule has 0 radical (unpaired) electrons. The maximum atomic E-state index is 12.0. The molecule has 2 amide bonds. The average molecular weight is 390 g/mol. The molecule has 3 rings (SSSR count). The molecule has 0 aliphatic carbocycles. The van der Waals surface area contributed by atoms with Gasteiger partial charge in [-0.25, -0.2) is 0 Å². The summed E-state index contributed by atoms with van der Waals surface area (Å²) in [4.78, 5) is 24.0. The summed E-state index contributed by atoms with van der Waals surface area (Å²) in [5, 5.41) is 5.33. The van der Waals surface area contributed by atoms with Crippen LogP contribution in [-0.2, 0) is 4.79 Å². The Morgan fingerprint density at radius 1 is 0.793 bits per heavy atom. The minimum atomic E-state index is -0.311. The molecule has 0 aromatic heterocycles. The van der Waals surface area contributed by atoms with Gasteiger partial charge in [-0.15, -0.1) is 0 Å². The number of hydrogen-bond donors (Lipinski definition) is 2. The van der Waals surface area contributed by atoms with E-state index < -0.39 is 0 Å². The molecule has 29 heavy (non-hydrogen) atoms. The van der Waals surface area contributed by atoms with Crippen molar-refractivity contribution in [2.45, 2.75) is 6.92 Å². The first-order valence-corrected chi connectivity index (χ1v) is 9.28. The molecule has 0 atom stereocenters. The van der Waals surface area contributed by atoms with Crippen LogP contribution in [0.1, 0.15) is 17.3 Å². The second-order valence-electron chi connectivity index (χ2n) is 6.13. The number of carbonyl (C=O) groups is 2. The van der Waals surface area contributed by atoms with E-state index in [0.717, 1.165) is 5.75 Å². The second kappa shape index (κ2) is 9.94. The Morgan fingerprint density at radius 2 is 1.38 bits per heavy atom. The van der Waals surface area contributed by atoms with Gasteiger partial charge in [0, 0.05) is 11.3 Å². The number of anilines is 1. The fourth-order valence-electron chi connectivity index (χ4n) is 2.57. The highest BCUT2D eigenvalue weighted by molar-refractivity contribution is 5.99. The van der Waals surface area contributed by atoms with E-state index in [0.29, 0.717) is 29.4 Å². The number of rotatable bonds is 8. The molecule has 0 aliphatic heterocycles. The number of hydrogen-bond acceptors (Lipinski definition) is 4. The van der Waals surface area contributed by atoms with Gasteiger partial charge in [0.25, 0.3) is 5.91 Å². The van der Waals surface area contributed by atoms with E-state index in [4.69, 9.17) is 9.47 Å². The van der Waals surface area contributed by atoms with Crippen molar-refractivity contribution in [3.05, 3.63) is 84.4 Å². The number of carbonyl (C=O) groups excluding carboxylic acids is 2. The van der Waals surface area contributed by atoms with Crippen molar-refractivity contribution in [2.24, 2.45) is 0 Å². The Balaban J connectivity index is 1.48. The van der Waals surface area contributed by atoms with Crippen LogP contribution in [0.5, 0.6) is 17.2 Å². The predicted octanol–water partition coefficient (Wildman–Crippen LogP) is 4.25. The molecule has 0 saturated heterocycles. The van der Waals surface area contributed by atoms with Crippen molar-refractivity contribution in [2.75, 3.05) is 18.5 Å².